The Morgan fingerprint density at radius 3 is 2.68 bits per heavy atom. The molecular weight excluding hydrogens is 423 g/mol. The van der Waals surface area contributed by atoms with E-state index < -0.39 is 0 Å². The van der Waals surface area contributed by atoms with Crippen molar-refractivity contribution in [2.75, 3.05) is 43.9 Å². The molecule has 0 atom stereocenters. The molecule has 11 heteroatoms. The van der Waals surface area contributed by atoms with E-state index in [9.17, 15) is 9.18 Å². The minimum absolute atomic E-state index is 0.144. The van der Waals surface area contributed by atoms with Crippen LogP contribution in [0.15, 0.2) is 40.0 Å². The Hall–Kier alpha value is -2.76. The second-order valence-electron chi connectivity index (χ2n) is 7.08. The zero-order valence-electron chi connectivity index (χ0n) is 17.1. The van der Waals surface area contributed by atoms with Crippen molar-refractivity contribution in [1.29, 1.82) is 0 Å². The first-order valence-electron chi connectivity index (χ1n) is 9.94. The molecule has 0 aliphatic carbocycles. The summed E-state index contributed by atoms with van der Waals surface area (Å²) in [6, 6.07) is 7.81. The molecule has 1 amide bonds. The minimum Gasteiger partial charge on any atom is -0.379 e. The summed E-state index contributed by atoms with van der Waals surface area (Å²) in [5, 5.41) is 15.7. The van der Waals surface area contributed by atoms with Crippen molar-refractivity contribution in [1.82, 2.24) is 24.8 Å². The zero-order valence-corrected chi connectivity index (χ0v) is 17.9. The number of carbonyl (C=O) groups excluding carboxylic acids is 1. The quantitative estimate of drug-likeness (QED) is 0.527. The average molecular weight is 447 g/mol. The fraction of sp³-hybridized carbons (Fsp3) is 0.400. The van der Waals surface area contributed by atoms with Crippen LogP contribution in [0.3, 0.4) is 0 Å². The van der Waals surface area contributed by atoms with Crippen LogP contribution >= 0.6 is 11.8 Å². The molecule has 1 N–H and O–H groups in total. The molecule has 1 fully saturated rings. The summed E-state index contributed by atoms with van der Waals surface area (Å²) < 4.78 is 25.7. The molecule has 4 rings (SSSR count). The molecule has 3 aromatic rings. The van der Waals surface area contributed by atoms with Crippen LogP contribution < -0.4 is 5.32 Å². The molecule has 164 valence electrons. The van der Waals surface area contributed by atoms with E-state index in [0.29, 0.717) is 29.1 Å². The number of ether oxygens (including phenoxy) is 1. The van der Waals surface area contributed by atoms with Gasteiger partial charge in [-0.15, -0.1) is 10.2 Å². The molecule has 1 aliphatic heterocycles. The number of nitrogens with zero attached hydrogens (tertiary/aromatic N) is 5. The maximum Gasteiger partial charge on any atom is 0.236 e. The highest BCUT2D eigenvalue weighted by atomic mass is 32.2. The Morgan fingerprint density at radius 1 is 1.19 bits per heavy atom. The lowest BCUT2D eigenvalue weighted by Gasteiger charge is -2.27. The Balaban J connectivity index is 1.47. The van der Waals surface area contributed by atoms with Crippen molar-refractivity contribution in [2.45, 2.75) is 18.6 Å². The second-order valence-corrected chi connectivity index (χ2v) is 8.02. The first kappa shape index (κ1) is 21.5. The van der Waals surface area contributed by atoms with Crippen LogP contribution in [-0.2, 0) is 16.1 Å². The zero-order chi connectivity index (χ0) is 21.6. The van der Waals surface area contributed by atoms with Crippen LogP contribution in [0.1, 0.15) is 5.76 Å². The van der Waals surface area contributed by atoms with E-state index in [-0.39, 0.29) is 17.5 Å². The number of morpholine rings is 1. The molecule has 0 radical (unpaired) electrons. The molecule has 2 aromatic heterocycles. The standard InChI is InChI=1S/C20H23FN6O3S/c1-14-12-17(25-30-14)22-18(28)13-31-20-24-23-19(15-2-4-16(21)5-3-15)27(20)7-6-26-8-10-29-11-9-26/h2-5,12H,6-11,13H2,1H3,(H,22,25,28). The summed E-state index contributed by atoms with van der Waals surface area (Å²) in [7, 11) is 0. The molecule has 0 bridgehead atoms. The number of rotatable bonds is 8. The summed E-state index contributed by atoms with van der Waals surface area (Å²) in [6.45, 7) is 6.38. The summed E-state index contributed by atoms with van der Waals surface area (Å²) in [4.78, 5) is 14.6. The van der Waals surface area contributed by atoms with Crippen LogP contribution in [0, 0.1) is 12.7 Å². The third kappa shape index (κ3) is 5.69. The molecule has 9 nitrogen and oxygen atoms in total. The molecule has 0 spiro atoms. The number of carbonyl (C=O) groups is 1. The van der Waals surface area contributed by atoms with Crippen molar-refractivity contribution in [3.8, 4) is 11.4 Å². The van der Waals surface area contributed by atoms with Crippen LogP contribution in [0.25, 0.3) is 11.4 Å². The van der Waals surface area contributed by atoms with Gasteiger partial charge in [0.05, 0.1) is 19.0 Å². The third-order valence-electron chi connectivity index (χ3n) is 4.79. The van der Waals surface area contributed by atoms with E-state index in [4.69, 9.17) is 9.26 Å². The van der Waals surface area contributed by atoms with Crippen molar-refractivity contribution < 1.29 is 18.4 Å². The third-order valence-corrected chi connectivity index (χ3v) is 5.76. The number of benzene rings is 1. The van der Waals surface area contributed by atoms with Gasteiger partial charge in [0.15, 0.2) is 16.8 Å². The number of anilines is 1. The molecule has 1 aliphatic rings. The van der Waals surface area contributed by atoms with E-state index in [2.05, 4.69) is 25.6 Å². The normalized spacial score (nSPS) is 14.6. The van der Waals surface area contributed by atoms with Gasteiger partial charge in [0, 0.05) is 37.8 Å². The van der Waals surface area contributed by atoms with E-state index in [1.54, 1.807) is 25.1 Å². The van der Waals surface area contributed by atoms with Gasteiger partial charge in [-0.05, 0) is 31.2 Å². The highest BCUT2D eigenvalue weighted by Gasteiger charge is 2.18. The lowest BCUT2D eigenvalue weighted by Crippen LogP contribution is -2.38. The minimum atomic E-state index is -0.308. The van der Waals surface area contributed by atoms with Gasteiger partial charge in [-0.25, -0.2) is 4.39 Å². The predicted octanol–water partition coefficient (Wildman–Crippen LogP) is 2.44. The molecule has 0 unspecified atom stereocenters. The first-order chi connectivity index (χ1) is 15.1. The molecule has 1 saturated heterocycles. The van der Waals surface area contributed by atoms with E-state index in [0.717, 1.165) is 38.4 Å². The van der Waals surface area contributed by atoms with E-state index in [1.165, 1.54) is 23.9 Å². The van der Waals surface area contributed by atoms with Crippen molar-refractivity contribution >= 4 is 23.5 Å². The lowest BCUT2D eigenvalue weighted by molar-refractivity contribution is -0.113. The number of amides is 1. The van der Waals surface area contributed by atoms with Gasteiger partial charge >= 0.3 is 0 Å². The van der Waals surface area contributed by atoms with Gasteiger partial charge in [0.1, 0.15) is 11.6 Å². The highest BCUT2D eigenvalue weighted by molar-refractivity contribution is 7.99. The van der Waals surface area contributed by atoms with Crippen LogP contribution in [-0.4, -0.2) is 69.3 Å². The molecule has 1 aromatic carbocycles. The van der Waals surface area contributed by atoms with Crippen molar-refractivity contribution in [3.05, 3.63) is 41.9 Å². The highest BCUT2D eigenvalue weighted by Crippen LogP contribution is 2.24. The Bertz CT molecular complexity index is 1020. The van der Waals surface area contributed by atoms with Gasteiger partial charge in [-0.1, -0.05) is 16.9 Å². The Morgan fingerprint density at radius 2 is 1.97 bits per heavy atom. The van der Waals surface area contributed by atoms with Crippen molar-refractivity contribution in [3.63, 3.8) is 0 Å². The smallest absolute Gasteiger partial charge is 0.236 e. The SMILES string of the molecule is Cc1cc(NC(=O)CSc2nnc(-c3ccc(F)cc3)n2CCN2CCOCC2)no1. The fourth-order valence-electron chi connectivity index (χ4n) is 3.21. The number of hydrogen-bond donors (Lipinski definition) is 1. The van der Waals surface area contributed by atoms with Gasteiger partial charge in [-0.3, -0.25) is 9.69 Å². The summed E-state index contributed by atoms with van der Waals surface area (Å²) >= 11 is 1.29. The van der Waals surface area contributed by atoms with E-state index >= 15 is 0 Å². The van der Waals surface area contributed by atoms with Crippen LogP contribution in [0.5, 0.6) is 0 Å². The number of aryl methyl sites for hydroxylation is 1. The molecule has 0 saturated carbocycles. The van der Waals surface area contributed by atoms with Gasteiger partial charge < -0.3 is 19.1 Å². The Kier molecular flexibility index (Phi) is 6.95. The van der Waals surface area contributed by atoms with Crippen molar-refractivity contribution in [2.24, 2.45) is 0 Å². The van der Waals surface area contributed by atoms with Crippen LogP contribution in [0.2, 0.25) is 0 Å². The monoisotopic (exact) mass is 446 g/mol. The topological polar surface area (TPSA) is 98.3 Å². The molecular formula is C20H23FN6O3S. The second kappa shape index (κ2) is 10.0. The molecule has 3 heterocycles. The van der Waals surface area contributed by atoms with E-state index in [1.807, 2.05) is 4.57 Å². The van der Waals surface area contributed by atoms with Gasteiger partial charge in [-0.2, -0.15) is 0 Å². The molecule has 31 heavy (non-hydrogen) atoms. The maximum absolute atomic E-state index is 13.4. The summed E-state index contributed by atoms with van der Waals surface area (Å²) in [6.07, 6.45) is 0. The largest absolute Gasteiger partial charge is 0.379 e. The number of nitrogens with one attached hydrogen (secondary N) is 1. The first-order valence-corrected chi connectivity index (χ1v) is 10.9. The number of aromatic nitrogens is 4. The van der Waals surface area contributed by atoms with Gasteiger partial charge in [0.2, 0.25) is 5.91 Å². The lowest BCUT2D eigenvalue weighted by atomic mass is 10.2. The number of hydrogen-bond acceptors (Lipinski definition) is 8. The Labute approximate surface area is 182 Å². The predicted molar refractivity (Wildman–Crippen MR) is 113 cm³/mol. The average Bonchev–Trinajstić information content (AvgIpc) is 3.37. The number of thioether (sulfide) groups is 1. The van der Waals surface area contributed by atoms with Gasteiger partial charge in [0.25, 0.3) is 0 Å². The maximum atomic E-state index is 13.4. The number of halogens is 1. The fourth-order valence-corrected chi connectivity index (χ4v) is 3.97. The summed E-state index contributed by atoms with van der Waals surface area (Å²) in [5.74, 6) is 1.26. The van der Waals surface area contributed by atoms with Crippen LogP contribution in [0.4, 0.5) is 10.2 Å². The summed E-state index contributed by atoms with van der Waals surface area (Å²) in [5.41, 5.74) is 0.769.